The minimum atomic E-state index is -0.275. The predicted molar refractivity (Wildman–Crippen MR) is 130 cm³/mol. The summed E-state index contributed by atoms with van der Waals surface area (Å²) in [5, 5.41) is 4.57. The van der Waals surface area contributed by atoms with Crippen molar-refractivity contribution in [1.82, 2.24) is 9.80 Å². The molecule has 4 rings (SSSR count). The summed E-state index contributed by atoms with van der Waals surface area (Å²) in [5.41, 5.74) is 3.73. The first-order chi connectivity index (χ1) is 15.4. The molecule has 3 aromatic carbocycles. The number of nitrogens with one attached hydrogen (secondary N) is 1. The van der Waals surface area contributed by atoms with E-state index in [1.807, 2.05) is 25.1 Å². The van der Waals surface area contributed by atoms with Gasteiger partial charge in [-0.3, -0.25) is 4.90 Å². The Morgan fingerprint density at radius 2 is 1.41 bits per heavy atom. The normalized spacial score (nSPS) is 14.6. The number of thiocarbonyl (C=S) groups is 1. The zero-order valence-corrected chi connectivity index (χ0v) is 19.3. The molecule has 0 bridgehead atoms. The van der Waals surface area contributed by atoms with Gasteiger partial charge in [0, 0.05) is 26.2 Å². The van der Waals surface area contributed by atoms with Gasteiger partial charge in [0.15, 0.2) is 5.11 Å². The number of halogens is 3. The minimum Gasteiger partial charge on any atom is -0.346 e. The average Bonchev–Trinajstić information content (AvgIpc) is 2.80. The van der Waals surface area contributed by atoms with E-state index in [0.717, 1.165) is 48.6 Å². The van der Waals surface area contributed by atoms with Gasteiger partial charge in [-0.2, -0.15) is 0 Å². The number of hydrogen-bond donors (Lipinski definition) is 1. The molecule has 0 aliphatic carbocycles. The predicted octanol–water partition coefficient (Wildman–Crippen LogP) is 6.03. The van der Waals surface area contributed by atoms with E-state index in [-0.39, 0.29) is 17.7 Å². The Bertz CT molecular complexity index is 1040. The van der Waals surface area contributed by atoms with Gasteiger partial charge in [0.25, 0.3) is 0 Å². The third-order valence-electron chi connectivity index (χ3n) is 5.77. The van der Waals surface area contributed by atoms with E-state index < -0.39 is 0 Å². The molecule has 1 aliphatic heterocycles. The van der Waals surface area contributed by atoms with Crippen molar-refractivity contribution in [2.24, 2.45) is 0 Å². The van der Waals surface area contributed by atoms with Crippen LogP contribution in [0.5, 0.6) is 0 Å². The number of rotatable bonds is 4. The molecule has 0 amide bonds. The van der Waals surface area contributed by atoms with E-state index in [4.69, 9.17) is 23.8 Å². The lowest BCUT2D eigenvalue weighted by atomic mass is 9.96. The molecule has 3 aromatic rings. The first-order valence-electron chi connectivity index (χ1n) is 10.5. The van der Waals surface area contributed by atoms with Crippen LogP contribution in [0.1, 0.15) is 22.7 Å². The van der Waals surface area contributed by atoms with Gasteiger partial charge in [0.2, 0.25) is 0 Å². The van der Waals surface area contributed by atoms with E-state index in [9.17, 15) is 8.78 Å². The third kappa shape index (κ3) is 5.09. The summed E-state index contributed by atoms with van der Waals surface area (Å²) in [7, 11) is 0. The summed E-state index contributed by atoms with van der Waals surface area (Å²) >= 11 is 12.0. The molecule has 0 saturated carbocycles. The molecule has 0 spiro atoms. The van der Waals surface area contributed by atoms with Gasteiger partial charge < -0.3 is 10.2 Å². The van der Waals surface area contributed by atoms with Gasteiger partial charge in [-0.1, -0.05) is 48.0 Å². The van der Waals surface area contributed by atoms with Crippen molar-refractivity contribution < 1.29 is 8.78 Å². The van der Waals surface area contributed by atoms with Crippen LogP contribution in [0.4, 0.5) is 14.5 Å². The number of anilines is 1. The topological polar surface area (TPSA) is 18.5 Å². The highest BCUT2D eigenvalue weighted by atomic mass is 35.5. The van der Waals surface area contributed by atoms with E-state index in [1.54, 1.807) is 24.3 Å². The molecule has 166 valence electrons. The lowest BCUT2D eigenvalue weighted by molar-refractivity contribution is 0.151. The summed E-state index contributed by atoms with van der Waals surface area (Å²) in [6.45, 7) is 4.92. The Kier molecular flexibility index (Phi) is 7.04. The average molecular weight is 472 g/mol. The number of hydrogen-bond acceptors (Lipinski definition) is 2. The Balaban J connectivity index is 1.48. The molecule has 0 atom stereocenters. The Labute approximate surface area is 197 Å². The van der Waals surface area contributed by atoms with Crippen LogP contribution in [0.3, 0.4) is 0 Å². The molecular formula is C25H24ClF2N3S. The van der Waals surface area contributed by atoms with Gasteiger partial charge in [-0.05, 0) is 66.2 Å². The van der Waals surface area contributed by atoms with Crippen LogP contribution in [0.15, 0.2) is 66.7 Å². The second-order valence-electron chi connectivity index (χ2n) is 7.90. The van der Waals surface area contributed by atoms with Crippen LogP contribution in [0.2, 0.25) is 5.02 Å². The van der Waals surface area contributed by atoms with Crippen molar-refractivity contribution in [1.29, 1.82) is 0 Å². The fourth-order valence-corrected chi connectivity index (χ4v) is 4.49. The summed E-state index contributed by atoms with van der Waals surface area (Å²) in [6.07, 6.45) is 0. The second kappa shape index (κ2) is 9.94. The van der Waals surface area contributed by atoms with Gasteiger partial charge in [-0.15, -0.1) is 0 Å². The fourth-order valence-electron chi connectivity index (χ4n) is 4.03. The van der Waals surface area contributed by atoms with Crippen molar-refractivity contribution in [3.63, 3.8) is 0 Å². The largest absolute Gasteiger partial charge is 0.346 e. The molecule has 1 aliphatic rings. The first-order valence-corrected chi connectivity index (χ1v) is 11.3. The molecule has 0 radical (unpaired) electrons. The van der Waals surface area contributed by atoms with Crippen molar-refractivity contribution in [2.45, 2.75) is 13.0 Å². The highest BCUT2D eigenvalue weighted by Crippen LogP contribution is 2.30. The molecule has 1 saturated heterocycles. The van der Waals surface area contributed by atoms with E-state index in [1.165, 1.54) is 24.3 Å². The van der Waals surface area contributed by atoms with E-state index in [2.05, 4.69) is 15.1 Å². The monoisotopic (exact) mass is 471 g/mol. The van der Waals surface area contributed by atoms with Crippen molar-refractivity contribution in [3.8, 4) is 0 Å². The maximum absolute atomic E-state index is 13.5. The molecule has 7 heteroatoms. The van der Waals surface area contributed by atoms with Gasteiger partial charge in [0.1, 0.15) is 11.6 Å². The lowest BCUT2D eigenvalue weighted by Gasteiger charge is -2.40. The fraction of sp³-hybridized carbons (Fsp3) is 0.240. The molecule has 1 N–H and O–H groups in total. The smallest absolute Gasteiger partial charge is 0.173 e. The maximum atomic E-state index is 13.5. The molecule has 0 unspecified atom stereocenters. The second-order valence-corrected chi connectivity index (χ2v) is 8.66. The summed E-state index contributed by atoms with van der Waals surface area (Å²) in [5.74, 6) is -0.551. The molecule has 32 heavy (non-hydrogen) atoms. The molecule has 0 aromatic heterocycles. The van der Waals surface area contributed by atoms with Crippen LogP contribution >= 0.6 is 23.8 Å². The Hall–Kier alpha value is -2.54. The minimum absolute atomic E-state index is 0.0916. The summed E-state index contributed by atoms with van der Waals surface area (Å²) in [4.78, 5) is 4.44. The molecule has 1 fully saturated rings. The molecule has 3 nitrogen and oxygen atoms in total. The molecule has 1 heterocycles. The lowest BCUT2D eigenvalue weighted by Crippen LogP contribution is -2.51. The maximum Gasteiger partial charge on any atom is 0.173 e. The van der Waals surface area contributed by atoms with Gasteiger partial charge in [0.05, 0.1) is 16.8 Å². The molecular weight excluding hydrogens is 448 g/mol. The summed E-state index contributed by atoms with van der Waals surface area (Å²) in [6, 6.07) is 18.8. The zero-order valence-electron chi connectivity index (χ0n) is 17.7. The Morgan fingerprint density at radius 1 is 0.875 bits per heavy atom. The Morgan fingerprint density at radius 3 is 1.94 bits per heavy atom. The van der Waals surface area contributed by atoms with Gasteiger partial charge >= 0.3 is 0 Å². The third-order valence-corrected chi connectivity index (χ3v) is 6.63. The number of piperazine rings is 1. The van der Waals surface area contributed by atoms with E-state index in [0.29, 0.717) is 10.1 Å². The van der Waals surface area contributed by atoms with Crippen LogP contribution in [0, 0.1) is 18.6 Å². The highest BCUT2D eigenvalue weighted by Gasteiger charge is 2.27. The first kappa shape index (κ1) is 22.6. The quantitative estimate of drug-likeness (QED) is 0.468. The van der Waals surface area contributed by atoms with Crippen LogP contribution < -0.4 is 5.32 Å². The van der Waals surface area contributed by atoms with Crippen molar-refractivity contribution in [3.05, 3.63) is 100 Å². The summed E-state index contributed by atoms with van der Waals surface area (Å²) < 4.78 is 27.0. The number of aryl methyl sites for hydroxylation is 1. The number of benzene rings is 3. The van der Waals surface area contributed by atoms with Crippen LogP contribution in [-0.2, 0) is 0 Å². The standard InChI is InChI=1S/C25H24ClF2N3S/c1-17-3-2-4-22(23(17)26)29-25(32)31-15-13-30(14-16-31)24(18-5-9-20(27)10-6-18)19-7-11-21(28)12-8-19/h2-12,24H,13-16H2,1H3,(H,29,32). The SMILES string of the molecule is Cc1cccc(NC(=S)N2CCN(C(c3ccc(F)cc3)c3ccc(F)cc3)CC2)c1Cl. The van der Waals surface area contributed by atoms with Gasteiger partial charge in [-0.25, -0.2) is 8.78 Å². The zero-order chi connectivity index (χ0) is 22.7. The van der Waals surface area contributed by atoms with Crippen LogP contribution in [-0.4, -0.2) is 41.1 Å². The number of nitrogens with zero attached hydrogens (tertiary/aromatic N) is 2. The van der Waals surface area contributed by atoms with Crippen LogP contribution in [0.25, 0.3) is 0 Å². The van der Waals surface area contributed by atoms with Crippen molar-refractivity contribution in [2.75, 3.05) is 31.5 Å². The van der Waals surface area contributed by atoms with Crippen molar-refractivity contribution >= 4 is 34.6 Å². The highest BCUT2D eigenvalue weighted by molar-refractivity contribution is 7.80. The van der Waals surface area contributed by atoms with E-state index >= 15 is 0 Å².